The summed E-state index contributed by atoms with van der Waals surface area (Å²) < 4.78 is 12.8. The molecule has 1 N–H and O–H groups in total. The number of anilines is 1. The number of benzene rings is 1. The van der Waals surface area contributed by atoms with Gasteiger partial charge in [-0.1, -0.05) is 12.1 Å². The summed E-state index contributed by atoms with van der Waals surface area (Å²) in [6.45, 7) is 6.00. The Kier molecular flexibility index (Phi) is 5.41. The zero-order valence-corrected chi connectivity index (χ0v) is 12.7. The lowest BCUT2D eigenvalue weighted by molar-refractivity contribution is 0.0945. The molecule has 1 heterocycles. The van der Waals surface area contributed by atoms with Gasteiger partial charge in [-0.25, -0.2) is 14.4 Å². The van der Waals surface area contributed by atoms with Crippen molar-refractivity contribution in [2.75, 3.05) is 18.0 Å². The highest BCUT2D eigenvalue weighted by molar-refractivity contribution is 5.92. The van der Waals surface area contributed by atoms with Gasteiger partial charge < -0.3 is 10.2 Å². The Labute approximate surface area is 129 Å². The highest BCUT2D eigenvalue weighted by Crippen LogP contribution is 2.10. The lowest BCUT2D eigenvalue weighted by atomic mass is 10.2. The Balaban J connectivity index is 2.03. The molecular formula is C16H19FN4O. The fraction of sp³-hybridized carbons (Fsp3) is 0.312. The average Bonchev–Trinajstić information content (AvgIpc) is 2.55. The van der Waals surface area contributed by atoms with E-state index in [1.54, 1.807) is 18.2 Å². The van der Waals surface area contributed by atoms with Gasteiger partial charge in [0.2, 0.25) is 0 Å². The predicted molar refractivity (Wildman–Crippen MR) is 83.2 cm³/mol. The van der Waals surface area contributed by atoms with E-state index in [9.17, 15) is 9.18 Å². The van der Waals surface area contributed by atoms with E-state index in [4.69, 9.17) is 0 Å². The van der Waals surface area contributed by atoms with Crippen molar-refractivity contribution in [1.29, 1.82) is 0 Å². The van der Waals surface area contributed by atoms with Crippen molar-refractivity contribution in [2.24, 2.45) is 0 Å². The summed E-state index contributed by atoms with van der Waals surface area (Å²) in [4.78, 5) is 22.4. The van der Waals surface area contributed by atoms with E-state index in [1.807, 2.05) is 18.7 Å². The standard InChI is InChI=1S/C16H19FN4O/c1-3-21(4-2)15-9-14(19-11-20-15)16(22)18-10-12-5-7-13(17)8-6-12/h5-9,11H,3-4,10H2,1-2H3,(H,18,22). The predicted octanol–water partition coefficient (Wildman–Crippen LogP) is 2.39. The van der Waals surface area contributed by atoms with E-state index in [2.05, 4.69) is 15.3 Å². The Bertz CT molecular complexity index is 626. The van der Waals surface area contributed by atoms with E-state index in [0.29, 0.717) is 12.2 Å². The molecule has 0 saturated heterocycles. The summed E-state index contributed by atoms with van der Waals surface area (Å²) in [5.74, 6) is 0.154. The van der Waals surface area contributed by atoms with Crippen molar-refractivity contribution in [1.82, 2.24) is 15.3 Å². The maximum atomic E-state index is 12.8. The molecule has 0 saturated carbocycles. The van der Waals surface area contributed by atoms with Gasteiger partial charge in [0.25, 0.3) is 5.91 Å². The molecule has 116 valence electrons. The summed E-state index contributed by atoms with van der Waals surface area (Å²) in [6.07, 6.45) is 1.39. The molecule has 1 amide bonds. The molecule has 0 radical (unpaired) electrons. The van der Waals surface area contributed by atoms with E-state index in [-0.39, 0.29) is 11.7 Å². The minimum Gasteiger partial charge on any atom is -0.357 e. The molecule has 1 aromatic carbocycles. The first-order chi connectivity index (χ1) is 10.6. The van der Waals surface area contributed by atoms with Crippen molar-refractivity contribution in [2.45, 2.75) is 20.4 Å². The van der Waals surface area contributed by atoms with Gasteiger partial charge in [-0.15, -0.1) is 0 Å². The number of nitrogens with zero attached hydrogens (tertiary/aromatic N) is 3. The third-order valence-electron chi connectivity index (χ3n) is 3.34. The summed E-state index contributed by atoms with van der Waals surface area (Å²) in [7, 11) is 0. The summed E-state index contributed by atoms with van der Waals surface area (Å²) >= 11 is 0. The van der Waals surface area contributed by atoms with Crippen molar-refractivity contribution in [3.05, 3.63) is 53.7 Å². The smallest absolute Gasteiger partial charge is 0.270 e. The Hall–Kier alpha value is -2.50. The second-order valence-corrected chi connectivity index (χ2v) is 4.74. The molecule has 0 aliphatic rings. The highest BCUT2D eigenvalue weighted by atomic mass is 19.1. The Morgan fingerprint density at radius 1 is 1.18 bits per heavy atom. The molecule has 2 rings (SSSR count). The number of nitrogens with one attached hydrogen (secondary N) is 1. The molecular weight excluding hydrogens is 283 g/mol. The van der Waals surface area contributed by atoms with Gasteiger partial charge in [0.15, 0.2) is 0 Å². The van der Waals surface area contributed by atoms with Crippen LogP contribution in [-0.2, 0) is 6.54 Å². The number of carbonyl (C=O) groups excluding carboxylic acids is 1. The van der Waals surface area contributed by atoms with Crippen LogP contribution in [-0.4, -0.2) is 29.0 Å². The monoisotopic (exact) mass is 302 g/mol. The lowest BCUT2D eigenvalue weighted by Gasteiger charge is -2.19. The number of amides is 1. The molecule has 0 fully saturated rings. The van der Waals surface area contributed by atoms with Crippen LogP contribution in [0.3, 0.4) is 0 Å². The number of hydrogen-bond acceptors (Lipinski definition) is 4. The third-order valence-corrected chi connectivity index (χ3v) is 3.34. The van der Waals surface area contributed by atoms with Crippen LogP contribution in [0.4, 0.5) is 10.2 Å². The largest absolute Gasteiger partial charge is 0.357 e. The SMILES string of the molecule is CCN(CC)c1cc(C(=O)NCc2ccc(F)cc2)ncn1. The maximum Gasteiger partial charge on any atom is 0.270 e. The topological polar surface area (TPSA) is 58.1 Å². The Morgan fingerprint density at radius 2 is 1.86 bits per heavy atom. The third kappa shape index (κ3) is 4.00. The summed E-state index contributed by atoms with van der Waals surface area (Å²) in [6, 6.07) is 7.68. The zero-order chi connectivity index (χ0) is 15.9. The molecule has 2 aromatic rings. The van der Waals surface area contributed by atoms with Crippen LogP contribution < -0.4 is 10.2 Å². The highest BCUT2D eigenvalue weighted by Gasteiger charge is 2.11. The number of halogens is 1. The second kappa shape index (κ2) is 7.49. The van der Waals surface area contributed by atoms with Gasteiger partial charge in [0.05, 0.1) is 0 Å². The minimum atomic E-state index is -0.297. The van der Waals surface area contributed by atoms with Gasteiger partial charge in [-0.3, -0.25) is 4.79 Å². The van der Waals surface area contributed by atoms with Crippen LogP contribution in [0.15, 0.2) is 36.7 Å². The first-order valence-corrected chi connectivity index (χ1v) is 7.23. The molecule has 0 atom stereocenters. The molecule has 6 heteroatoms. The molecule has 0 bridgehead atoms. The van der Waals surface area contributed by atoms with Gasteiger partial charge in [0, 0.05) is 25.7 Å². The lowest BCUT2D eigenvalue weighted by Crippen LogP contribution is -2.26. The quantitative estimate of drug-likeness (QED) is 0.890. The van der Waals surface area contributed by atoms with Crippen molar-refractivity contribution < 1.29 is 9.18 Å². The van der Waals surface area contributed by atoms with Crippen LogP contribution in [0.2, 0.25) is 0 Å². The summed E-state index contributed by atoms with van der Waals surface area (Å²) in [5, 5.41) is 2.77. The van der Waals surface area contributed by atoms with Gasteiger partial charge in [-0.2, -0.15) is 0 Å². The van der Waals surface area contributed by atoms with Crippen LogP contribution in [0.25, 0.3) is 0 Å². The maximum absolute atomic E-state index is 12.8. The van der Waals surface area contributed by atoms with Gasteiger partial charge in [0.1, 0.15) is 23.7 Å². The van der Waals surface area contributed by atoms with Crippen LogP contribution in [0, 0.1) is 5.82 Å². The first kappa shape index (κ1) is 15.9. The van der Waals surface area contributed by atoms with E-state index in [0.717, 1.165) is 24.5 Å². The zero-order valence-electron chi connectivity index (χ0n) is 12.7. The number of hydrogen-bond donors (Lipinski definition) is 1. The average molecular weight is 302 g/mol. The van der Waals surface area contributed by atoms with Crippen molar-refractivity contribution >= 4 is 11.7 Å². The minimum absolute atomic E-state index is 0.278. The molecule has 22 heavy (non-hydrogen) atoms. The normalized spacial score (nSPS) is 10.3. The van der Waals surface area contributed by atoms with E-state index < -0.39 is 0 Å². The first-order valence-electron chi connectivity index (χ1n) is 7.23. The van der Waals surface area contributed by atoms with Crippen LogP contribution in [0.1, 0.15) is 29.9 Å². The number of aromatic nitrogens is 2. The Morgan fingerprint density at radius 3 is 2.50 bits per heavy atom. The number of rotatable bonds is 6. The van der Waals surface area contributed by atoms with Crippen LogP contribution >= 0.6 is 0 Å². The van der Waals surface area contributed by atoms with Crippen molar-refractivity contribution in [3.8, 4) is 0 Å². The molecule has 5 nitrogen and oxygen atoms in total. The molecule has 0 spiro atoms. The van der Waals surface area contributed by atoms with Gasteiger partial charge >= 0.3 is 0 Å². The van der Waals surface area contributed by atoms with Crippen LogP contribution in [0.5, 0.6) is 0 Å². The van der Waals surface area contributed by atoms with Gasteiger partial charge in [-0.05, 0) is 31.5 Å². The molecule has 0 unspecified atom stereocenters. The number of carbonyl (C=O) groups is 1. The molecule has 1 aromatic heterocycles. The fourth-order valence-corrected chi connectivity index (χ4v) is 2.07. The molecule has 0 aliphatic heterocycles. The summed E-state index contributed by atoms with van der Waals surface area (Å²) in [5.41, 5.74) is 1.15. The van der Waals surface area contributed by atoms with E-state index in [1.165, 1.54) is 18.5 Å². The molecule has 0 aliphatic carbocycles. The fourth-order valence-electron chi connectivity index (χ4n) is 2.07. The second-order valence-electron chi connectivity index (χ2n) is 4.74. The van der Waals surface area contributed by atoms with E-state index >= 15 is 0 Å². The van der Waals surface area contributed by atoms with Crippen molar-refractivity contribution in [3.63, 3.8) is 0 Å².